The number of hydrogen-bond donors (Lipinski definition) is 1. The van der Waals surface area contributed by atoms with Crippen molar-refractivity contribution in [3.05, 3.63) is 0 Å². The number of carbonyl (C=O) groups is 1. The number of nitrogens with zero attached hydrogens (tertiary/aromatic N) is 3. The van der Waals surface area contributed by atoms with E-state index in [0.29, 0.717) is 18.5 Å². The largest absolute Gasteiger partial charge is 0.339 e. The SMILES string of the molecule is CN1CCN(C(=O)CN2CCCCC2CNC2CC2)CC1. The highest BCUT2D eigenvalue weighted by molar-refractivity contribution is 5.78. The topological polar surface area (TPSA) is 38.8 Å². The van der Waals surface area contributed by atoms with Gasteiger partial charge in [-0.05, 0) is 39.3 Å². The molecule has 1 amide bonds. The molecule has 3 rings (SSSR count). The van der Waals surface area contributed by atoms with E-state index in [1.165, 1.54) is 32.1 Å². The highest BCUT2D eigenvalue weighted by Crippen LogP contribution is 2.21. The van der Waals surface area contributed by atoms with Crippen molar-refractivity contribution in [3.63, 3.8) is 0 Å². The molecular formula is C16H30N4O. The number of piperidine rings is 1. The van der Waals surface area contributed by atoms with E-state index < -0.39 is 0 Å². The lowest BCUT2D eigenvalue weighted by atomic mass is 10.0. The van der Waals surface area contributed by atoms with Gasteiger partial charge in [-0.2, -0.15) is 0 Å². The molecule has 2 saturated heterocycles. The smallest absolute Gasteiger partial charge is 0.236 e. The van der Waals surface area contributed by atoms with E-state index in [4.69, 9.17) is 0 Å². The number of likely N-dealkylation sites (tertiary alicyclic amines) is 1. The summed E-state index contributed by atoms with van der Waals surface area (Å²) in [4.78, 5) is 19.3. The Morgan fingerprint density at radius 3 is 2.52 bits per heavy atom. The van der Waals surface area contributed by atoms with Gasteiger partial charge in [0.2, 0.25) is 5.91 Å². The van der Waals surface area contributed by atoms with Gasteiger partial charge in [0.1, 0.15) is 0 Å². The van der Waals surface area contributed by atoms with E-state index >= 15 is 0 Å². The van der Waals surface area contributed by atoms with Crippen molar-refractivity contribution in [1.82, 2.24) is 20.0 Å². The summed E-state index contributed by atoms with van der Waals surface area (Å²) in [5, 5.41) is 3.64. The van der Waals surface area contributed by atoms with Gasteiger partial charge in [0.15, 0.2) is 0 Å². The van der Waals surface area contributed by atoms with Gasteiger partial charge in [0.05, 0.1) is 6.54 Å². The summed E-state index contributed by atoms with van der Waals surface area (Å²) in [6, 6.07) is 1.33. The van der Waals surface area contributed by atoms with Crippen molar-refractivity contribution in [1.29, 1.82) is 0 Å². The summed E-state index contributed by atoms with van der Waals surface area (Å²) in [7, 11) is 2.13. The normalized spacial score (nSPS) is 28.8. The predicted molar refractivity (Wildman–Crippen MR) is 84.3 cm³/mol. The molecule has 0 bridgehead atoms. The maximum atomic E-state index is 12.5. The predicted octanol–water partition coefficient (Wildman–Crippen LogP) is 0.367. The molecule has 1 unspecified atom stereocenters. The van der Waals surface area contributed by atoms with Gasteiger partial charge in [-0.1, -0.05) is 6.42 Å². The van der Waals surface area contributed by atoms with Gasteiger partial charge < -0.3 is 15.1 Å². The maximum Gasteiger partial charge on any atom is 0.236 e. The molecule has 1 aliphatic carbocycles. The number of likely N-dealkylation sites (N-methyl/N-ethyl adjacent to an activating group) is 1. The van der Waals surface area contributed by atoms with Crippen molar-refractivity contribution >= 4 is 5.91 Å². The summed E-state index contributed by atoms with van der Waals surface area (Å²) in [6.07, 6.45) is 6.49. The lowest BCUT2D eigenvalue weighted by Crippen LogP contribution is -2.53. The third kappa shape index (κ3) is 4.41. The van der Waals surface area contributed by atoms with Crippen LogP contribution in [0.3, 0.4) is 0 Å². The van der Waals surface area contributed by atoms with E-state index in [1.54, 1.807) is 0 Å². The molecule has 1 atom stereocenters. The average molecular weight is 294 g/mol. The minimum atomic E-state index is 0.335. The molecule has 5 nitrogen and oxygen atoms in total. The van der Waals surface area contributed by atoms with Crippen LogP contribution in [0.15, 0.2) is 0 Å². The van der Waals surface area contributed by atoms with Crippen LogP contribution in [0, 0.1) is 0 Å². The monoisotopic (exact) mass is 294 g/mol. The van der Waals surface area contributed by atoms with Crippen LogP contribution in [0.1, 0.15) is 32.1 Å². The van der Waals surface area contributed by atoms with Gasteiger partial charge in [-0.3, -0.25) is 9.69 Å². The van der Waals surface area contributed by atoms with Crippen molar-refractivity contribution < 1.29 is 4.79 Å². The Bertz CT molecular complexity index is 350. The Kier molecular flexibility index (Phi) is 5.14. The molecule has 0 spiro atoms. The van der Waals surface area contributed by atoms with E-state index in [2.05, 4.69) is 27.1 Å². The summed E-state index contributed by atoms with van der Waals surface area (Å²) in [5.74, 6) is 0.335. The minimum absolute atomic E-state index is 0.335. The van der Waals surface area contributed by atoms with E-state index in [-0.39, 0.29) is 0 Å². The number of amides is 1. The van der Waals surface area contributed by atoms with Crippen LogP contribution < -0.4 is 5.32 Å². The second-order valence-corrected chi connectivity index (χ2v) is 6.99. The fourth-order valence-corrected chi connectivity index (χ4v) is 3.42. The number of carbonyl (C=O) groups excluding carboxylic acids is 1. The molecule has 21 heavy (non-hydrogen) atoms. The zero-order valence-electron chi connectivity index (χ0n) is 13.4. The second kappa shape index (κ2) is 7.07. The minimum Gasteiger partial charge on any atom is -0.339 e. The zero-order chi connectivity index (χ0) is 14.7. The van der Waals surface area contributed by atoms with Crippen molar-refractivity contribution in [2.24, 2.45) is 0 Å². The van der Waals surface area contributed by atoms with Gasteiger partial charge >= 0.3 is 0 Å². The fraction of sp³-hybridized carbons (Fsp3) is 0.938. The van der Waals surface area contributed by atoms with Crippen LogP contribution in [0.25, 0.3) is 0 Å². The molecule has 5 heteroatoms. The molecule has 3 fully saturated rings. The molecule has 0 radical (unpaired) electrons. The molecule has 0 aromatic heterocycles. The van der Waals surface area contributed by atoms with Gasteiger partial charge in [-0.15, -0.1) is 0 Å². The molecule has 1 saturated carbocycles. The molecule has 0 aromatic rings. The van der Waals surface area contributed by atoms with Crippen LogP contribution >= 0.6 is 0 Å². The highest BCUT2D eigenvalue weighted by Gasteiger charge is 2.29. The molecule has 0 aromatic carbocycles. The first-order valence-electron chi connectivity index (χ1n) is 8.66. The fourth-order valence-electron chi connectivity index (χ4n) is 3.42. The number of rotatable bonds is 5. The Morgan fingerprint density at radius 2 is 1.81 bits per heavy atom. The zero-order valence-corrected chi connectivity index (χ0v) is 13.4. The van der Waals surface area contributed by atoms with Gasteiger partial charge in [0.25, 0.3) is 0 Å². The van der Waals surface area contributed by atoms with E-state index in [0.717, 1.165) is 45.3 Å². The summed E-state index contributed by atoms with van der Waals surface area (Å²) in [5.41, 5.74) is 0. The first-order valence-corrected chi connectivity index (χ1v) is 8.66. The highest BCUT2D eigenvalue weighted by atomic mass is 16.2. The first kappa shape index (κ1) is 15.3. The lowest BCUT2D eigenvalue weighted by Gasteiger charge is -2.38. The standard InChI is InChI=1S/C16H30N4O/c1-18-8-10-19(11-9-18)16(21)13-20-7-3-2-4-15(20)12-17-14-5-6-14/h14-15,17H,2-13H2,1H3. The molecule has 2 heterocycles. The molecule has 1 N–H and O–H groups in total. The van der Waals surface area contributed by atoms with Crippen molar-refractivity contribution in [2.75, 3.05) is 52.9 Å². The summed E-state index contributed by atoms with van der Waals surface area (Å²) in [6.45, 7) is 6.61. The van der Waals surface area contributed by atoms with Gasteiger partial charge in [0, 0.05) is 44.8 Å². The Labute approximate surface area is 128 Å². The van der Waals surface area contributed by atoms with Crippen LogP contribution in [0.4, 0.5) is 0 Å². The maximum absolute atomic E-state index is 12.5. The van der Waals surface area contributed by atoms with Crippen LogP contribution in [-0.2, 0) is 4.79 Å². The second-order valence-electron chi connectivity index (χ2n) is 6.99. The molecule has 3 aliphatic rings. The van der Waals surface area contributed by atoms with Crippen molar-refractivity contribution in [3.8, 4) is 0 Å². The Morgan fingerprint density at radius 1 is 1.05 bits per heavy atom. The summed E-state index contributed by atoms with van der Waals surface area (Å²) < 4.78 is 0. The molecule has 120 valence electrons. The molecular weight excluding hydrogens is 264 g/mol. The Balaban J connectivity index is 1.47. The van der Waals surface area contributed by atoms with Gasteiger partial charge in [-0.25, -0.2) is 0 Å². The average Bonchev–Trinajstić information content (AvgIpc) is 3.31. The van der Waals surface area contributed by atoms with E-state index in [9.17, 15) is 4.79 Å². The number of piperazine rings is 1. The number of nitrogens with one attached hydrogen (secondary N) is 1. The quantitative estimate of drug-likeness (QED) is 0.795. The first-order chi connectivity index (χ1) is 10.2. The van der Waals surface area contributed by atoms with Crippen molar-refractivity contribution in [2.45, 2.75) is 44.2 Å². The molecule has 2 aliphatic heterocycles. The van der Waals surface area contributed by atoms with E-state index in [1.807, 2.05) is 0 Å². The van der Waals surface area contributed by atoms with Crippen LogP contribution in [-0.4, -0.2) is 85.6 Å². The Hall–Kier alpha value is -0.650. The van der Waals surface area contributed by atoms with Crippen LogP contribution in [0.5, 0.6) is 0 Å². The van der Waals surface area contributed by atoms with Crippen LogP contribution in [0.2, 0.25) is 0 Å². The third-order valence-corrected chi connectivity index (χ3v) is 5.16. The third-order valence-electron chi connectivity index (χ3n) is 5.16. The number of hydrogen-bond acceptors (Lipinski definition) is 4. The summed E-state index contributed by atoms with van der Waals surface area (Å²) >= 11 is 0. The lowest BCUT2D eigenvalue weighted by molar-refractivity contribution is -0.134.